The van der Waals surface area contributed by atoms with E-state index in [1.54, 1.807) is 32.4 Å². The van der Waals surface area contributed by atoms with Gasteiger partial charge in [0, 0.05) is 29.4 Å². The van der Waals surface area contributed by atoms with Crippen LogP contribution in [0.1, 0.15) is 15.9 Å². The molecular formula is C25H20FN3O3S. The number of hydrogen-bond donors (Lipinski definition) is 1. The first-order valence-electron chi connectivity index (χ1n) is 10.2. The highest BCUT2D eigenvalue weighted by atomic mass is 32.1. The predicted molar refractivity (Wildman–Crippen MR) is 127 cm³/mol. The van der Waals surface area contributed by atoms with Crippen LogP contribution in [-0.2, 0) is 6.54 Å². The van der Waals surface area contributed by atoms with Crippen molar-refractivity contribution in [2.75, 3.05) is 14.2 Å². The molecule has 0 atom stereocenters. The molecular weight excluding hydrogens is 441 g/mol. The van der Waals surface area contributed by atoms with E-state index in [2.05, 4.69) is 10.3 Å². The molecule has 0 saturated carbocycles. The van der Waals surface area contributed by atoms with Crippen LogP contribution in [0.5, 0.6) is 11.5 Å². The van der Waals surface area contributed by atoms with Gasteiger partial charge in [-0.1, -0.05) is 23.5 Å². The number of hydrogen-bond acceptors (Lipinski definition) is 5. The van der Waals surface area contributed by atoms with E-state index in [1.165, 1.54) is 23.5 Å². The second kappa shape index (κ2) is 8.55. The number of amides is 1. The van der Waals surface area contributed by atoms with Crippen LogP contribution in [0, 0.1) is 5.82 Å². The number of benzene rings is 3. The van der Waals surface area contributed by atoms with Crippen LogP contribution < -0.4 is 14.8 Å². The Balaban J connectivity index is 1.38. The fourth-order valence-electron chi connectivity index (χ4n) is 3.77. The maximum atomic E-state index is 13.2. The number of fused-ring (bicyclic) bond motifs is 3. The number of carbonyl (C=O) groups excluding carboxylic acids is 1. The summed E-state index contributed by atoms with van der Waals surface area (Å²) >= 11 is 1.50. The molecule has 0 aliphatic rings. The molecule has 3 aromatic carbocycles. The lowest BCUT2D eigenvalue weighted by Crippen LogP contribution is -2.23. The van der Waals surface area contributed by atoms with Crippen LogP contribution in [0.2, 0.25) is 0 Å². The molecule has 0 saturated heterocycles. The van der Waals surface area contributed by atoms with E-state index in [-0.39, 0.29) is 11.7 Å². The second-order valence-electron chi connectivity index (χ2n) is 7.41. The zero-order valence-electron chi connectivity index (χ0n) is 18.0. The van der Waals surface area contributed by atoms with Gasteiger partial charge in [-0.3, -0.25) is 9.20 Å². The van der Waals surface area contributed by atoms with Gasteiger partial charge in [0.15, 0.2) is 16.5 Å². The Morgan fingerprint density at radius 3 is 2.67 bits per heavy atom. The summed E-state index contributed by atoms with van der Waals surface area (Å²) in [5.41, 5.74) is 3.98. The van der Waals surface area contributed by atoms with Gasteiger partial charge in [-0.25, -0.2) is 9.37 Å². The normalized spacial score (nSPS) is 11.1. The van der Waals surface area contributed by atoms with Gasteiger partial charge in [0.2, 0.25) is 0 Å². The standard InChI is InChI=1S/C25H20FN3O3S/c1-31-21-5-3-4-17(23(21)32-2)13-27-24(30)16-8-11-20-22(12-16)33-25-28-19(14-29(20)25)15-6-9-18(26)10-7-15/h3-12,14H,13H2,1-2H3,(H,27,30). The van der Waals surface area contributed by atoms with Crippen molar-refractivity contribution in [1.82, 2.24) is 14.7 Å². The predicted octanol–water partition coefficient (Wildman–Crippen LogP) is 5.30. The molecule has 1 amide bonds. The molecule has 0 spiro atoms. The lowest BCUT2D eigenvalue weighted by molar-refractivity contribution is 0.0950. The maximum Gasteiger partial charge on any atom is 0.251 e. The zero-order valence-corrected chi connectivity index (χ0v) is 18.8. The van der Waals surface area contributed by atoms with Gasteiger partial charge in [0.25, 0.3) is 5.91 Å². The Labute approximate surface area is 193 Å². The third-order valence-electron chi connectivity index (χ3n) is 5.42. The van der Waals surface area contributed by atoms with E-state index < -0.39 is 0 Å². The molecule has 2 heterocycles. The number of thiazole rings is 1. The number of halogens is 1. The quantitative estimate of drug-likeness (QED) is 0.373. The zero-order chi connectivity index (χ0) is 22.9. The highest BCUT2D eigenvalue weighted by Gasteiger charge is 2.15. The molecule has 0 aliphatic heterocycles. The summed E-state index contributed by atoms with van der Waals surface area (Å²) in [6.07, 6.45) is 1.93. The second-order valence-corrected chi connectivity index (χ2v) is 8.41. The number of nitrogens with zero attached hydrogens (tertiary/aromatic N) is 2. The van der Waals surface area contributed by atoms with Crippen LogP contribution in [0.4, 0.5) is 4.39 Å². The number of nitrogens with one attached hydrogen (secondary N) is 1. The van der Waals surface area contributed by atoms with Crippen molar-refractivity contribution in [2.24, 2.45) is 0 Å². The van der Waals surface area contributed by atoms with E-state index in [9.17, 15) is 9.18 Å². The number of carbonyl (C=O) groups is 1. The van der Waals surface area contributed by atoms with Crippen molar-refractivity contribution < 1.29 is 18.7 Å². The monoisotopic (exact) mass is 461 g/mol. The Morgan fingerprint density at radius 2 is 1.91 bits per heavy atom. The molecule has 8 heteroatoms. The minimum Gasteiger partial charge on any atom is -0.493 e. The maximum absolute atomic E-state index is 13.2. The first-order chi connectivity index (χ1) is 16.1. The molecule has 0 fully saturated rings. The highest BCUT2D eigenvalue weighted by Crippen LogP contribution is 2.32. The van der Waals surface area contributed by atoms with Crippen molar-refractivity contribution in [3.05, 3.63) is 83.8 Å². The molecule has 5 aromatic rings. The van der Waals surface area contributed by atoms with Crippen LogP contribution in [0.15, 0.2) is 66.9 Å². The number of para-hydroxylation sites is 1. The third kappa shape index (κ3) is 3.89. The Kier molecular flexibility index (Phi) is 5.43. The fourth-order valence-corrected chi connectivity index (χ4v) is 4.82. The summed E-state index contributed by atoms with van der Waals surface area (Å²) in [5, 5.41) is 2.95. The van der Waals surface area contributed by atoms with E-state index in [4.69, 9.17) is 9.47 Å². The summed E-state index contributed by atoms with van der Waals surface area (Å²) in [6, 6.07) is 17.4. The Morgan fingerprint density at radius 1 is 1.09 bits per heavy atom. The average Bonchev–Trinajstić information content (AvgIpc) is 3.40. The van der Waals surface area contributed by atoms with E-state index >= 15 is 0 Å². The number of rotatable bonds is 6. The van der Waals surface area contributed by atoms with Gasteiger partial charge < -0.3 is 14.8 Å². The number of ether oxygens (including phenoxy) is 2. The Hall–Kier alpha value is -3.91. The van der Waals surface area contributed by atoms with Gasteiger partial charge in [0.1, 0.15) is 5.82 Å². The molecule has 1 N–H and O–H groups in total. The summed E-state index contributed by atoms with van der Waals surface area (Å²) in [4.78, 5) is 18.3. The van der Waals surface area contributed by atoms with Crippen molar-refractivity contribution in [3.63, 3.8) is 0 Å². The molecule has 5 rings (SSSR count). The van der Waals surface area contributed by atoms with E-state index in [0.717, 1.165) is 32.0 Å². The third-order valence-corrected chi connectivity index (χ3v) is 6.44. The van der Waals surface area contributed by atoms with Gasteiger partial charge in [-0.15, -0.1) is 0 Å². The summed E-state index contributed by atoms with van der Waals surface area (Å²) in [5.74, 6) is 0.764. The first-order valence-corrected chi connectivity index (χ1v) is 11.0. The minimum atomic E-state index is -0.277. The average molecular weight is 462 g/mol. The molecule has 6 nitrogen and oxygen atoms in total. The number of imidazole rings is 1. The summed E-state index contributed by atoms with van der Waals surface area (Å²) < 4.78 is 26.9. The molecule has 2 aromatic heterocycles. The Bertz CT molecular complexity index is 1470. The first kappa shape index (κ1) is 21.0. The lowest BCUT2D eigenvalue weighted by Gasteiger charge is -2.13. The van der Waals surface area contributed by atoms with Gasteiger partial charge in [-0.05, 0) is 48.5 Å². The highest BCUT2D eigenvalue weighted by molar-refractivity contribution is 7.23. The number of methoxy groups -OCH3 is 2. The topological polar surface area (TPSA) is 64.9 Å². The molecule has 0 aliphatic carbocycles. The van der Waals surface area contributed by atoms with E-state index in [0.29, 0.717) is 23.6 Å². The summed E-state index contributed by atoms with van der Waals surface area (Å²) in [7, 11) is 3.15. The van der Waals surface area contributed by atoms with Crippen molar-refractivity contribution in [3.8, 4) is 22.8 Å². The molecule has 166 valence electrons. The van der Waals surface area contributed by atoms with Crippen LogP contribution in [-0.4, -0.2) is 29.5 Å². The van der Waals surface area contributed by atoms with Crippen LogP contribution in [0.25, 0.3) is 26.4 Å². The smallest absolute Gasteiger partial charge is 0.251 e. The number of aromatic nitrogens is 2. The fraction of sp³-hybridized carbons (Fsp3) is 0.120. The van der Waals surface area contributed by atoms with Crippen molar-refractivity contribution >= 4 is 32.4 Å². The van der Waals surface area contributed by atoms with Crippen LogP contribution >= 0.6 is 11.3 Å². The van der Waals surface area contributed by atoms with Crippen LogP contribution in [0.3, 0.4) is 0 Å². The van der Waals surface area contributed by atoms with Crippen molar-refractivity contribution in [2.45, 2.75) is 6.54 Å². The SMILES string of the molecule is COc1cccc(CNC(=O)c2ccc3c(c2)sc2nc(-c4ccc(F)cc4)cn23)c1OC. The molecule has 33 heavy (non-hydrogen) atoms. The molecule has 0 radical (unpaired) electrons. The van der Waals surface area contributed by atoms with E-state index in [1.807, 2.05) is 40.9 Å². The largest absolute Gasteiger partial charge is 0.493 e. The van der Waals surface area contributed by atoms with Gasteiger partial charge >= 0.3 is 0 Å². The molecule has 0 bridgehead atoms. The van der Waals surface area contributed by atoms with Crippen molar-refractivity contribution in [1.29, 1.82) is 0 Å². The molecule has 0 unspecified atom stereocenters. The summed E-state index contributed by atoms with van der Waals surface area (Å²) in [6.45, 7) is 0.312. The lowest BCUT2D eigenvalue weighted by atomic mass is 10.1. The van der Waals surface area contributed by atoms with Gasteiger partial charge in [-0.2, -0.15) is 0 Å². The minimum absolute atomic E-state index is 0.181. The van der Waals surface area contributed by atoms with Gasteiger partial charge in [0.05, 0.1) is 30.1 Å².